The van der Waals surface area contributed by atoms with Gasteiger partial charge in [-0.25, -0.2) is 4.90 Å². The predicted octanol–water partition coefficient (Wildman–Crippen LogP) is 4.89. The van der Waals surface area contributed by atoms with Crippen molar-refractivity contribution in [3.05, 3.63) is 59.8 Å². The van der Waals surface area contributed by atoms with Crippen LogP contribution in [0.3, 0.4) is 0 Å². The van der Waals surface area contributed by atoms with E-state index in [4.69, 9.17) is 9.47 Å². The van der Waals surface area contributed by atoms with Crippen LogP contribution in [0.2, 0.25) is 0 Å². The van der Waals surface area contributed by atoms with Gasteiger partial charge in [-0.3, -0.25) is 9.59 Å². The van der Waals surface area contributed by atoms with E-state index < -0.39 is 0 Å². The summed E-state index contributed by atoms with van der Waals surface area (Å²) >= 11 is 0. The monoisotopic (exact) mass is 448 g/mol. The normalized spacial score (nSPS) is 17.2. The minimum atomic E-state index is -0.301. The number of piperidine rings is 1. The highest BCUT2D eigenvalue weighted by molar-refractivity contribution is 6.45. The van der Waals surface area contributed by atoms with Crippen LogP contribution in [0, 0.1) is 5.92 Å². The SMILES string of the molecule is CCCOc1ccc(C2=C(N3CCC(C)CC3)C(=O)N(c3cccc(OCC)c3)C2=O)cc1. The van der Waals surface area contributed by atoms with Crippen molar-refractivity contribution < 1.29 is 19.1 Å². The van der Waals surface area contributed by atoms with Gasteiger partial charge in [0.25, 0.3) is 11.8 Å². The molecular weight excluding hydrogens is 416 g/mol. The third kappa shape index (κ3) is 4.75. The van der Waals surface area contributed by atoms with E-state index in [1.54, 1.807) is 18.2 Å². The number of rotatable bonds is 8. The van der Waals surface area contributed by atoms with Gasteiger partial charge < -0.3 is 14.4 Å². The third-order valence-electron chi connectivity index (χ3n) is 6.16. The first kappa shape index (κ1) is 22.9. The summed E-state index contributed by atoms with van der Waals surface area (Å²) in [6.07, 6.45) is 2.93. The van der Waals surface area contributed by atoms with Gasteiger partial charge >= 0.3 is 0 Å². The van der Waals surface area contributed by atoms with Gasteiger partial charge in [0.05, 0.1) is 24.5 Å². The number of anilines is 1. The number of benzene rings is 2. The molecule has 2 aliphatic heterocycles. The molecule has 2 aliphatic rings. The van der Waals surface area contributed by atoms with Crippen LogP contribution in [-0.4, -0.2) is 43.0 Å². The molecule has 0 aromatic heterocycles. The fraction of sp³-hybridized carbons (Fsp3) is 0.407. The van der Waals surface area contributed by atoms with Crippen molar-refractivity contribution in [2.45, 2.75) is 40.0 Å². The maximum atomic E-state index is 13.7. The molecule has 0 bridgehead atoms. The Kier molecular flexibility index (Phi) is 7.02. The Hall–Kier alpha value is -3.28. The minimum absolute atomic E-state index is 0.274. The molecule has 2 heterocycles. The van der Waals surface area contributed by atoms with Crippen LogP contribution in [0.5, 0.6) is 11.5 Å². The number of likely N-dealkylation sites (tertiary alicyclic amines) is 1. The number of imide groups is 1. The molecule has 174 valence electrons. The first-order valence-electron chi connectivity index (χ1n) is 11.9. The zero-order valence-corrected chi connectivity index (χ0v) is 19.7. The molecule has 33 heavy (non-hydrogen) atoms. The average molecular weight is 449 g/mol. The van der Waals surface area contributed by atoms with E-state index in [9.17, 15) is 9.59 Å². The molecule has 0 aliphatic carbocycles. The van der Waals surface area contributed by atoms with Gasteiger partial charge in [0.15, 0.2) is 0 Å². The molecule has 6 heteroatoms. The van der Waals surface area contributed by atoms with E-state index >= 15 is 0 Å². The van der Waals surface area contributed by atoms with Gasteiger partial charge in [0, 0.05) is 19.2 Å². The topological polar surface area (TPSA) is 59.1 Å². The first-order valence-corrected chi connectivity index (χ1v) is 11.9. The number of ether oxygens (including phenoxy) is 2. The van der Waals surface area contributed by atoms with Crippen LogP contribution in [0.25, 0.3) is 5.57 Å². The van der Waals surface area contributed by atoms with E-state index in [0.29, 0.717) is 41.8 Å². The Morgan fingerprint density at radius 3 is 2.30 bits per heavy atom. The lowest BCUT2D eigenvalue weighted by atomic mass is 9.97. The molecule has 0 spiro atoms. The van der Waals surface area contributed by atoms with Crippen LogP contribution < -0.4 is 14.4 Å². The number of nitrogens with zero attached hydrogens (tertiary/aromatic N) is 2. The van der Waals surface area contributed by atoms with Crippen LogP contribution in [-0.2, 0) is 9.59 Å². The molecule has 4 rings (SSSR count). The number of hydrogen-bond acceptors (Lipinski definition) is 5. The van der Waals surface area contributed by atoms with Gasteiger partial charge in [-0.1, -0.05) is 32.0 Å². The van der Waals surface area contributed by atoms with Crippen molar-refractivity contribution in [3.63, 3.8) is 0 Å². The quantitative estimate of drug-likeness (QED) is 0.538. The van der Waals surface area contributed by atoms with E-state index in [1.807, 2.05) is 37.3 Å². The highest BCUT2D eigenvalue weighted by atomic mass is 16.5. The Morgan fingerprint density at radius 2 is 1.64 bits per heavy atom. The Balaban J connectivity index is 1.73. The summed E-state index contributed by atoms with van der Waals surface area (Å²) in [4.78, 5) is 30.8. The van der Waals surface area contributed by atoms with Crippen molar-refractivity contribution >= 4 is 23.1 Å². The number of hydrogen-bond donors (Lipinski definition) is 0. The lowest BCUT2D eigenvalue weighted by molar-refractivity contribution is -0.120. The van der Waals surface area contributed by atoms with Gasteiger partial charge in [-0.05, 0) is 61.9 Å². The van der Waals surface area contributed by atoms with Gasteiger partial charge in [0.1, 0.15) is 17.2 Å². The summed E-state index contributed by atoms with van der Waals surface area (Å²) in [7, 11) is 0. The van der Waals surface area contributed by atoms with Crippen molar-refractivity contribution in [1.82, 2.24) is 4.90 Å². The molecule has 0 unspecified atom stereocenters. The molecular formula is C27H32N2O4. The highest BCUT2D eigenvalue weighted by Gasteiger charge is 2.43. The summed E-state index contributed by atoms with van der Waals surface area (Å²) in [5.74, 6) is 1.43. The third-order valence-corrected chi connectivity index (χ3v) is 6.16. The summed E-state index contributed by atoms with van der Waals surface area (Å²) in [6.45, 7) is 8.88. The largest absolute Gasteiger partial charge is 0.494 e. The van der Waals surface area contributed by atoms with Crippen molar-refractivity contribution in [2.24, 2.45) is 5.92 Å². The fourth-order valence-corrected chi connectivity index (χ4v) is 4.36. The van der Waals surface area contributed by atoms with Crippen LogP contribution >= 0.6 is 0 Å². The molecule has 2 aromatic carbocycles. The van der Waals surface area contributed by atoms with E-state index in [1.165, 1.54) is 4.90 Å². The molecule has 0 radical (unpaired) electrons. The highest BCUT2D eigenvalue weighted by Crippen LogP contribution is 2.37. The zero-order chi connectivity index (χ0) is 23.4. The first-order chi connectivity index (χ1) is 16.0. The number of carbonyl (C=O) groups is 2. The second-order valence-corrected chi connectivity index (χ2v) is 8.64. The van der Waals surface area contributed by atoms with E-state index in [2.05, 4.69) is 18.7 Å². The van der Waals surface area contributed by atoms with E-state index in [-0.39, 0.29) is 11.8 Å². The summed E-state index contributed by atoms with van der Waals surface area (Å²) in [5, 5.41) is 0. The predicted molar refractivity (Wildman–Crippen MR) is 129 cm³/mol. The summed E-state index contributed by atoms with van der Waals surface area (Å²) < 4.78 is 11.3. The fourth-order valence-electron chi connectivity index (χ4n) is 4.36. The van der Waals surface area contributed by atoms with Crippen LogP contribution in [0.1, 0.15) is 45.6 Å². The maximum Gasteiger partial charge on any atom is 0.282 e. The van der Waals surface area contributed by atoms with Crippen molar-refractivity contribution in [1.29, 1.82) is 0 Å². The molecule has 0 N–H and O–H groups in total. The van der Waals surface area contributed by atoms with Crippen LogP contribution in [0.4, 0.5) is 5.69 Å². The second kappa shape index (κ2) is 10.1. The standard InChI is InChI=1S/C27H32N2O4/c1-4-17-33-22-11-9-20(10-12-22)24-25(28-15-13-19(3)14-16-28)27(31)29(26(24)30)21-7-6-8-23(18-21)32-5-2/h6-12,18-19H,4-5,13-17H2,1-3H3. The molecule has 0 saturated carbocycles. The summed E-state index contributed by atoms with van der Waals surface area (Å²) in [5.41, 5.74) is 2.21. The maximum absolute atomic E-state index is 13.7. The van der Waals surface area contributed by atoms with Gasteiger partial charge in [0.2, 0.25) is 0 Å². The molecule has 2 amide bonds. The Morgan fingerprint density at radius 1 is 0.909 bits per heavy atom. The molecule has 0 atom stereocenters. The zero-order valence-electron chi connectivity index (χ0n) is 19.7. The molecule has 2 aromatic rings. The van der Waals surface area contributed by atoms with Gasteiger partial charge in [-0.2, -0.15) is 0 Å². The molecule has 6 nitrogen and oxygen atoms in total. The smallest absolute Gasteiger partial charge is 0.282 e. The number of carbonyl (C=O) groups excluding carboxylic acids is 2. The van der Waals surface area contributed by atoms with Crippen molar-refractivity contribution in [3.8, 4) is 11.5 Å². The second-order valence-electron chi connectivity index (χ2n) is 8.64. The molecule has 1 fully saturated rings. The van der Waals surface area contributed by atoms with Crippen molar-refractivity contribution in [2.75, 3.05) is 31.2 Å². The average Bonchev–Trinajstić information content (AvgIpc) is 3.09. The van der Waals surface area contributed by atoms with Gasteiger partial charge in [-0.15, -0.1) is 0 Å². The molecule has 1 saturated heterocycles. The minimum Gasteiger partial charge on any atom is -0.494 e. The van der Waals surface area contributed by atoms with E-state index in [0.717, 1.165) is 43.7 Å². The lowest BCUT2D eigenvalue weighted by Crippen LogP contribution is -2.38. The van der Waals surface area contributed by atoms with Crippen LogP contribution in [0.15, 0.2) is 54.2 Å². The number of amides is 2. The Labute approximate surface area is 195 Å². The lowest BCUT2D eigenvalue weighted by Gasteiger charge is -2.32. The summed E-state index contributed by atoms with van der Waals surface area (Å²) in [6, 6.07) is 14.6. The Bertz CT molecular complexity index is 1040.